The second-order valence-electron chi connectivity index (χ2n) is 8.74. The summed E-state index contributed by atoms with van der Waals surface area (Å²) in [6.07, 6.45) is 6.54. The SMILES string of the molecule is CC1(C)Cc2c(cnn2-c2cccc(F)c2)C(NC(=O)c2cccc3nccnc23)C1. The summed E-state index contributed by atoms with van der Waals surface area (Å²) < 4.78 is 15.6. The Morgan fingerprint density at radius 3 is 2.81 bits per heavy atom. The fourth-order valence-electron chi connectivity index (χ4n) is 4.41. The molecule has 2 heterocycles. The van der Waals surface area contributed by atoms with Crippen LogP contribution in [-0.2, 0) is 6.42 Å². The zero-order valence-corrected chi connectivity index (χ0v) is 17.3. The Kier molecular flexibility index (Phi) is 4.54. The maximum Gasteiger partial charge on any atom is 0.254 e. The van der Waals surface area contributed by atoms with Crippen LogP contribution in [0.4, 0.5) is 4.39 Å². The molecule has 0 saturated carbocycles. The first-order valence-electron chi connectivity index (χ1n) is 10.2. The molecular formula is C24H22FN5O. The summed E-state index contributed by atoms with van der Waals surface area (Å²) in [4.78, 5) is 21.8. The lowest BCUT2D eigenvalue weighted by molar-refractivity contribution is 0.0920. The van der Waals surface area contributed by atoms with Gasteiger partial charge in [-0.1, -0.05) is 26.0 Å². The van der Waals surface area contributed by atoms with Gasteiger partial charge in [-0.05, 0) is 48.6 Å². The Labute approximate surface area is 179 Å². The van der Waals surface area contributed by atoms with E-state index in [1.807, 2.05) is 18.2 Å². The Morgan fingerprint density at radius 2 is 1.97 bits per heavy atom. The summed E-state index contributed by atoms with van der Waals surface area (Å²) >= 11 is 0. The number of hydrogen-bond acceptors (Lipinski definition) is 4. The van der Waals surface area contributed by atoms with Crippen molar-refractivity contribution in [3.8, 4) is 5.69 Å². The summed E-state index contributed by atoms with van der Waals surface area (Å²) in [6.45, 7) is 4.34. The monoisotopic (exact) mass is 415 g/mol. The number of benzene rings is 2. The molecule has 2 aromatic carbocycles. The number of nitrogens with one attached hydrogen (secondary N) is 1. The second-order valence-corrected chi connectivity index (χ2v) is 8.74. The Morgan fingerprint density at radius 1 is 1.16 bits per heavy atom. The van der Waals surface area contributed by atoms with E-state index in [0.717, 1.165) is 24.1 Å². The smallest absolute Gasteiger partial charge is 0.254 e. The third-order valence-corrected chi connectivity index (χ3v) is 5.78. The standard InChI is InChI=1S/C24H22FN5O/c1-24(2)12-20(29-23(31)17-7-4-8-19-22(17)27-10-9-26-19)18-14-28-30(21(18)13-24)16-6-3-5-15(25)11-16/h3-11,14,20H,12-13H2,1-2H3,(H,29,31). The van der Waals surface area contributed by atoms with Crippen LogP contribution >= 0.6 is 0 Å². The quantitative estimate of drug-likeness (QED) is 0.538. The molecule has 2 aromatic heterocycles. The lowest BCUT2D eigenvalue weighted by Crippen LogP contribution is -2.37. The molecule has 1 aliphatic rings. The molecule has 31 heavy (non-hydrogen) atoms. The highest BCUT2D eigenvalue weighted by atomic mass is 19.1. The van der Waals surface area contributed by atoms with Crippen molar-refractivity contribution < 1.29 is 9.18 Å². The Balaban J connectivity index is 1.52. The fourth-order valence-corrected chi connectivity index (χ4v) is 4.41. The first kappa shape index (κ1) is 19.4. The van der Waals surface area contributed by atoms with Crippen LogP contribution in [0.5, 0.6) is 0 Å². The molecule has 7 heteroatoms. The second kappa shape index (κ2) is 7.27. The van der Waals surface area contributed by atoms with Crippen molar-refractivity contribution in [2.75, 3.05) is 0 Å². The van der Waals surface area contributed by atoms with Gasteiger partial charge < -0.3 is 5.32 Å². The van der Waals surface area contributed by atoms with E-state index in [4.69, 9.17) is 0 Å². The molecule has 1 aliphatic carbocycles. The molecule has 6 nitrogen and oxygen atoms in total. The predicted octanol–water partition coefficient (Wildman–Crippen LogP) is 4.40. The largest absolute Gasteiger partial charge is 0.345 e. The van der Waals surface area contributed by atoms with Crippen molar-refractivity contribution in [2.45, 2.75) is 32.7 Å². The number of hydrogen-bond donors (Lipinski definition) is 1. The van der Waals surface area contributed by atoms with Gasteiger partial charge in [0.05, 0.1) is 34.7 Å². The number of amides is 1. The molecule has 0 spiro atoms. The van der Waals surface area contributed by atoms with E-state index in [9.17, 15) is 9.18 Å². The lowest BCUT2D eigenvalue weighted by atomic mass is 9.74. The van der Waals surface area contributed by atoms with E-state index in [0.29, 0.717) is 22.3 Å². The minimum atomic E-state index is -0.307. The number of carbonyl (C=O) groups excluding carboxylic acids is 1. The van der Waals surface area contributed by atoms with Crippen LogP contribution in [0.25, 0.3) is 16.7 Å². The van der Waals surface area contributed by atoms with E-state index >= 15 is 0 Å². The minimum absolute atomic E-state index is 0.0609. The number of rotatable bonds is 3. The molecule has 0 fully saturated rings. The van der Waals surface area contributed by atoms with Gasteiger partial charge in [-0.15, -0.1) is 0 Å². The first-order valence-corrected chi connectivity index (χ1v) is 10.2. The predicted molar refractivity (Wildman–Crippen MR) is 115 cm³/mol. The molecule has 156 valence electrons. The average molecular weight is 415 g/mol. The van der Waals surface area contributed by atoms with Crippen molar-refractivity contribution in [1.29, 1.82) is 0 Å². The van der Waals surface area contributed by atoms with Crippen LogP contribution in [0.2, 0.25) is 0 Å². The normalized spacial score (nSPS) is 17.3. The van der Waals surface area contributed by atoms with Crippen molar-refractivity contribution >= 4 is 16.9 Å². The number of nitrogens with zero attached hydrogens (tertiary/aromatic N) is 4. The molecule has 1 unspecified atom stereocenters. The number of para-hydroxylation sites is 1. The molecule has 5 rings (SSSR count). The van der Waals surface area contributed by atoms with Gasteiger partial charge in [-0.2, -0.15) is 5.10 Å². The average Bonchev–Trinajstić information content (AvgIpc) is 3.16. The van der Waals surface area contributed by atoms with Crippen LogP contribution in [0.1, 0.15) is 47.9 Å². The molecule has 1 atom stereocenters. The van der Waals surface area contributed by atoms with Crippen LogP contribution < -0.4 is 5.32 Å². The van der Waals surface area contributed by atoms with Gasteiger partial charge >= 0.3 is 0 Å². The highest BCUT2D eigenvalue weighted by Crippen LogP contribution is 2.41. The molecule has 0 bridgehead atoms. The highest BCUT2D eigenvalue weighted by molar-refractivity contribution is 6.04. The number of halogens is 1. The maximum atomic E-state index is 13.8. The number of aromatic nitrogens is 4. The van der Waals surface area contributed by atoms with E-state index in [-0.39, 0.29) is 23.2 Å². The van der Waals surface area contributed by atoms with Crippen molar-refractivity contribution in [3.63, 3.8) is 0 Å². The zero-order valence-electron chi connectivity index (χ0n) is 17.3. The third-order valence-electron chi connectivity index (χ3n) is 5.78. The summed E-state index contributed by atoms with van der Waals surface area (Å²) in [5.41, 5.74) is 4.32. The van der Waals surface area contributed by atoms with Gasteiger partial charge in [0, 0.05) is 18.0 Å². The summed E-state index contributed by atoms with van der Waals surface area (Å²) in [7, 11) is 0. The lowest BCUT2D eigenvalue weighted by Gasteiger charge is -2.36. The topological polar surface area (TPSA) is 72.7 Å². The summed E-state index contributed by atoms with van der Waals surface area (Å²) in [5.74, 6) is -0.503. The maximum absolute atomic E-state index is 13.8. The summed E-state index contributed by atoms with van der Waals surface area (Å²) in [5, 5.41) is 7.71. The van der Waals surface area contributed by atoms with Crippen LogP contribution in [0.15, 0.2) is 61.1 Å². The van der Waals surface area contributed by atoms with Gasteiger partial charge in [0.25, 0.3) is 5.91 Å². The molecule has 1 N–H and O–H groups in total. The minimum Gasteiger partial charge on any atom is -0.345 e. The number of carbonyl (C=O) groups is 1. The molecule has 0 saturated heterocycles. The van der Waals surface area contributed by atoms with Gasteiger partial charge in [0.2, 0.25) is 0 Å². The Bertz CT molecular complexity index is 1290. The van der Waals surface area contributed by atoms with E-state index in [1.165, 1.54) is 12.1 Å². The third kappa shape index (κ3) is 3.56. The van der Waals surface area contributed by atoms with Gasteiger partial charge in [-0.3, -0.25) is 14.8 Å². The van der Waals surface area contributed by atoms with Gasteiger partial charge in [0.1, 0.15) is 11.3 Å². The van der Waals surface area contributed by atoms with Crippen LogP contribution in [0, 0.1) is 11.2 Å². The van der Waals surface area contributed by atoms with E-state index < -0.39 is 0 Å². The van der Waals surface area contributed by atoms with Crippen molar-refractivity contribution in [2.24, 2.45) is 5.41 Å². The number of fused-ring (bicyclic) bond motifs is 2. The zero-order chi connectivity index (χ0) is 21.6. The van der Waals surface area contributed by atoms with Gasteiger partial charge in [-0.25, -0.2) is 9.07 Å². The van der Waals surface area contributed by atoms with E-state index in [1.54, 1.807) is 35.4 Å². The molecule has 0 radical (unpaired) electrons. The first-order chi connectivity index (χ1) is 14.9. The van der Waals surface area contributed by atoms with E-state index in [2.05, 4.69) is 34.2 Å². The molecule has 0 aliphatic heterocycles. The molecule has 4 aromatic rings. The molecular weight excluding hydrogens is 393 g/mol. The highest BCUT2D eigenvalue weighted by Gasteiger charge is 2.36. The van der Waals surface area contributed by atoms with Crippen LogP contribution in [0.3, 0.4) is 0 Å². The van der Waals surface area contributed by atoms with Crippen molar-refractivity contribution in [3.05, 3.63) is 83.7 Å². The summed E-state index contributed by atoms with van der Waals surface area (Å²) in [6, 6.07) is 11.6. The Hall–Kier alpha value is -3.61. The van der Waals surface area contributed by atoms with Crippen molar-refractivity contribution in [1.82, 2.24) is 25.1 Å². The van der Waals surface area contributed by atoms with Gasteiger partial charge in [0.15, 0.2) is 0 Å². The fraction of sp³-hybridized carbons (Fsp3) is 0.250. The van der Waals surface area contributed by atoms with Crippen LogP contribution in [-0.4, -0.2) is 25.7 Å². The molecule has 1 amide bonds.